The van der Waals surface area contributed by atoms with E-state index in [-0.39, 0.29) is 18.1 Å². The molecule has 4 N–H and O–H groups in total. The van der Waals surface area contributed by atoms with E-state index in [2.05, 4.69) is 15.0 Å². The first-order chi connectivity index (χ1) is 9.70. The van der Waals surface area contributed by atoms with Crippen LogP contribution in [0.5, 0.6) is 0 Å². The predicted octanol–water partition coefficient (Wildman–Crippen LogP) is 1.35. The van der Waals surface area contributed by atoms with Gasteiger partial charge in [-0.3, -0.25) is 4.79 Å². The third-order valence-corrected chi connectivity index (χ3v) is 5.07. The van der Waals surface area contributed by atoms with Crippen molar-refractivity contribution in [1.82, 2.24) is 9.69 Å². The van der Waals surface area contributed by atoms with Gasteiger partial charge in [0, 0.05) is 6.04 Å². The van der Waals surface area contributed by atoms with Crippen molar-refractivity contribution in [3.63, 3.8) is 0 Å². The summed E-state index contributed by atoms with van der Waals surface area (Å²) in [5, 5.41) is 7.18. The van der Waals surface area contributed by atoms with E-state index in [4.69, 9.17) is 10.5 Å². The van der Waals surface area contributed by atoms with Crippen molar-refractivity contribution in [2.45, 2.75) is 56.4 Å². The lowest BCUT2D eigenvalue weighted by molar-refractivity contribution is 0.0951. The van der Waals surface area contributed by atoms with Crippen LogP contribution in [-0.2, 0) is 4.74 Å². The molecule has 1 saturated carbocycles. The number of aromatic nitrogens is 1. The Bertz CT molecular complexity index is 542. The molecule has 1 aromatic rings. The molecule has 20 heavy (non-hydrogen) atoms. The second-order valence-electron chi connectivity index (χ2n) is 5.88. The van der Waals surface area contributed by atoms with Gasteiger partial charge in [-0.05, 0) is 43.6 Å². The third kappa shape index (κ3) is 2.14. The Labute approximate surface area is 121 Å². The van der Waals surface area contributed by atoms with Crippen molar-refractivity contribution in [3.05, 3.63) is 5.56 Å². The highest BCUT2D eigenvalue weighted by Gasteiger charge is 2.41. The van der Waals surface area contributed by atoms with Crippen LogP contribution < -0.4 is 16.4 Å². The van der Waals surface area contributed by atoms with E-state index in [0.29, 0.717) is 23.5 Å². The molecule has 0 aromatic carbocycles. The molecule has 2 aliphatic heterocycles. The topological polar surface area (TPSA) is 89.3 Å². The Balaban J connectivity index is 1.51. The highest BCUT2D eigenvalue weighted by atomic mass is 32.1. The lowest BCUT2D eigenvalue weighted by Crippen LogP contribution is -2.32. The lowest BCUT2D eigenvalue weighted by Gasteiger charge is -2.20. The van der Waals surface area contributed by atoms with Crippen molar-refractivity contribution in [1.29, 1.82) is 0 Å². The first kappa shape index (κ1) is 12.4. The summed E-state index contributed by atoms with van der Waals surface area (Å²) in [6.07, 6.45) is 6.03. The number of hydrogen-bond donors (Lipinski definition) is 3. The van der Waals surface area contributed by atoms with E-state index in [0.717, 1.165) is 37.1 Å². The molecule has 1 aliphatic carbocycles. The number of rotatable bonds is 4. The summed E-state index contributed by atoms with van der Waals surface area (Å²) in [7, 11) is 0. The molecule has 7 heteroatoms. The number of nitrogen functional groups attached to an aromatic ring is 1. The number of ether oxygens (including phenoxy) is 1. The van der Waals surface area contributed by atoms with Crippen molar-refractivity contribution in [3.8, 4) is 0 Å². The van der Waals surface area contributed by atoms with E-state index in [1.807, 2.05) is 0 Å². The first-order valence-electron chi connectivity index (χ1n) is 7.18. The maximum atomic E-state index is 12.2. The van der Waals surface area contributed by atoms with Crippen LogP contribution in [0, 0.1) is 0 Å². The molecule has 3 fully saturated rings. The fourth-order valence-corrected chi connectivity index (χ4v) is 3.84. The van der Waals surface area contributed by atoms with Crippen molar-refractivity contribution >= 4 is 28.3 Å². The van der Waals surface area contributed by atoms with Crippen molar-refractivity contribution in [2.24, 2.45) is 0 Å². The number of nitrogens with two attached hydrogens (primary N) is 1. The van der Waals surface area contributed by atoms with Crippen LogP contribution in [-0.4, -0.2) is 34.6 Å². The zero-order chi connectivity index (χ0) is 13.7. The Morgan fingerprint density at radius 3 is 2.85 bits per heavy atom. The molecule has 4 rings (SSSR count). The molecular weight excluding hydrogens is 276 g/mol. The largest absolute Gasteiger partial charge is 0.382 e. The van der Waals surface area contributed by atoms with Gasteiger partial charge in [-0.25, -0.2) is 0 Å². The fraction of sp³-hybridized carbons (Fsp3) is 0.692. The fourth-order valence-electron chi connectivity index (χ4n) is 3.06. The maximum absolute atomic E-state index is 12.2. The smallest absolute Gasteiger partial charge is 0.258 e. The van der Waals surface area contributed by atoms with E-state index in [1.165, 1.54) is 11.5 Å². The number of amides is 1. The molecule has 3 heterocycles. The van der Waals surface area contributed by atoms with Crippen LogP contribution in [0.3, 0.4) is 0 Å². The van der Waals surface area contributed by atoms with Crippen LogP contribution in [0.25, 0.3) is 0 Å². The third-order valence-electron chi connectivity index (χ3n) is 4.28. The standard InChI is InChI=1S/C13H18N4O2S/c14-11-10(12(18)15-6-1-2-6)13(20-17-11)16-8-5-7-3-4-9(8)19-7/h6-9,16H,1-5H2,(H2,14,17)(H,15,18). The van der Waals surface area contributed by atoms with Crippen LogP contribution >= 0.6 is 11.5 Å². The second kappa shape index (κ2) is 4.60. The monoisotopic (exact) mass is 294 g/mol. The second-order valence-corrected chi connectivity index (χ2v) is 6.65. The molecule has 1 aromatic heterocycles. The summed E-state index contributed by atoms with van der Waals surface area (Å²) in [6.45, 7) is 0. The number of carbonyl (C=O) groups excluding carboxylic acids is 1. The normalized spacial score (nSPS) is 31.5. The minimum atomic E-state index is -0.106. The molecule has 2 saturated heterocycles. The molecule has 2 bridgehead atoms. The van der Waals surface area contributed by atoms with Gasteiger partial charge < -0.3 is 21.1 Å². The molecule has 1 amide bonds. The molecule has 0 radical (unpaired) electrons. The summed E-state index contributed by atoms with van der Waals surface area (Å²) >= 11 is 1.26. The Hall–Kier alpha value is -1.34. The molecular formula is C13H18N4O2S. The van der Waals surface area contributed by atoms with Crippen LogP contribution in [0.4, 0.5) is 10.8 Å². The van der Waals surface area contributed by atoms with Crippen molar-refractivity contribution in [2.75, 3.05) is 11.1 Å². The molecule has 108 valence electrons. The number of nitrogens with zero attached hydrogens (tertiary/aromatic N) is 1. The average Bonchev–Trinajstić information content (AvgIpc) is 2.86. The van der Waals surface area contributed by atoms with E-state index >= 15 is 0 Å². The molecule has 3 unspecified atom stereocenters. The summed E-state index contributed by atoms with van der Waals surface area (Å²) in [5.41, 5.74) is 6.36. The SMILES string of the molecule is Nc1nsc(NC2CC3CCC2O3)c1C(=O)NC1CC1. The van der Waals surface area contributed by atoms with Gasteiger partial charge in [0.15, 0.2) is 5.82 Å². The Kier molecular flexibility index (Phi) is 2.85. The van der Waals surface area contributed by atoms with E-state index in [9.17, 15) is 4.79 Å². The highest BCUT2D eigenvalue weighted by Crippen LogP contribution is 2.38. The minimum Gasteiger partial charge on any atom is -0.382 e. The van der Waals surface area contributed by atoms with Gasteiger partial charge in [-0.15, -0.1) is 0 Å². The number of fused-ring (bicyclic) bond motifs is 2. The van der Waals surface area contributed by atoms with Gasteiger partial charge in [0.2, 0.25) is 0 Å². The van der Waals surface area contributed by atoms with Crippen LogP contribution in [0.15, 0.2) is 0 Å². The van der Waals surface area contributed by atoms with Gasteiger partial charge in [-0.1, -0.05) is 0 Å². The molecule has 3 atom stereocenters. The molecule has 3 aliphatic rings. The summed E-state index contributed by atoms with van der Waals surface area (Å²) in [5.74, 6) is 0.213. The van der Waals surface area contributed by atoms with Gasteiger partial charge in [-0.2, -0.15) is 4.37 Å². The van der Waals surface area contributed by atoms with Gasteiger partial charge in [0.25, 0.3) is 5.91 Å². The zero-order valence-corrected chi connectivity index (χ0v) is 11.9. The first-order valence-corrected chi connectivity index (χ1v) is 7.96. The number of anilines is 2. The Morgan fingerprint density at radius 2 is 2.20 bits per heavy atom. The summed E-state index contributed by atoms with van der Waals surface area (Å²) in [4.78, 5) is 12.2. The van der Waals surface area contributed by atoms with Crippen molar-refractivity contribution < 1.29 is 9.53 Å². The summed E-state index contributed by atoms with van der Waals surface area (Å²) < 4.78 is 9.95. The number of carbonyl (C=O) groups is 1. The van der Waals surface area contributed by atoms with E-state index in [1.54, 1.807) is 0 Å². The van der Waals surface area contributed by atoms with Gasteiger partial charge in [0.1, 0.15) is 10.6 Å². The lowest BCUT2D eigenvalue weighted by atomic mass is 9.95. The minimum absolute atomic E-state index is 0.106. The molecule has 0 spiro atoms. The quantitative estimate of drug-likeness (QED) is 0.780. The summed E-state index contributed by atoms with van der Waals surface area (Å²) in [6, 6.07) is 0.599. The zero-order valence-electron chi connectivity index (χ0n) is 11.1. The Morgan fingerprint density at radius 1 is 1.35 bits per heavy atom. The van der Waals surface area contributed by atoms with Gasteiger partial charge >= 0.3 is 0 Å². The number of nitrogens with one attached hydrogen (secondary N) is 2. The van der Waals surface area contributed by atoms with E-state index < -0.39 is 0 Å². The highest BCUT2D eigenvalue weighted by molar-refractivity contribution is 7.11. The predicted molar refractivity (Wildman–Crippen MR) is 76.9 cm³/mol. The average molecular weight is 294 g/mol. The maximum Gasteiger partial charge on any atom is 0.258 e. The number of hydrogen-bond acceptors (Lipinski definition) is 6. The van der Waals surface area contributed by atoms with Crippen LogP contribution in [0.2, 0.25) is 0 Å². The van der Waals surface area contributed by atoms with Crippen LogP contribution in [0.1, 0.15) is 42.5 Å². The molecule has 6 nitrogen and oxygen atoms in total. The van der Waals surface area contributed by atoms with Gasteiger partial charge in [0.05, 0.1) is 18.2 Å².